The van der Waals surface area contributed by atoms with Gasteiger partial charge in [-0.05, 0) is 25.9 Å². The summed E-state index contributed by atoms with van der Waals surface area (Å²) in [4.78, 5) is 7.06. The fourth-order valence-corrected chi connectivity index (χ4v) is 2.54. The topological polar surface area (TPSA) is 21.1 Å². The molecule has 0 aliphatic rings. The molecule has 0 saturated carbocycles. The van der Waals surface area contributed by atoms with Crippen LogP contribution in [0.5, 0.6) is 0 Å². The van der Waals surface area contributed by atoms with Gasteiger partial charge in [0, 0.05) is 19.4 Å². The van der Waals surface area contributed by atoms with E-state index in [4.69, 9.17) is 0 Å². The highest BCUT2D eigenvalue weighted by Crippen LogP contribution is 2.08. The first kappa shape index (κ1) is 17.2. The molecule has 0 unspecified atom stereocenters. The second-order valence-electron chi connectivity index (χ2n) is 5.85. The van der Waals surface area contributed by atoms with Crippen LogP contribution in [0.25, 0.3) is 0 Å². The van der Waals surface area contributed by atoms with Crippen molar-refractivity contribution < 1.29 is 0 Å². The van der Waals surface area contributed by atoms with E-state index in [1.54, 1.807) is 0 Å². The number of hydrogen-bond acceptors (Lipinski definition) is 2. The van der Waals surface area contributed by atoms with Crippen LogP contribution in [0, 0.1) is 0 Å². The Hall–Kier alpha value is -0.830. The van der Waals surface area contributed by atoms with Crippen molar-refractivity contribution in [1.82, 2.24) is 14.5 Å². The minimum Gasteiger partial charge on any atom is -0.337 e. The van der Waals surface area contributed by atoms with E-state index in [1.807, 2.05) is 12.4 Å². The van der Waals surface area contributed by atoms with Crippen LogP contribution in [0.4, 0.5) is 0 Å². The molecule has 1 aromatic rings. The van der Waals surface area contributed by atoms with Crippen LogP contribution >= 0.6 is 0 Å². The van der Waals surface area contributed by atoms with Crippen LogP contribution in [0.3, 0.4) is 0 Å². The lowest BCUT2D eigenvalue weighted by Gasteiger charge is -2.22. The molecule has 0 saturated heterocycles. The average molecular weight is 279 g/mol. The normalized spacial score (nSPS) is 11.4. The molecule has 3 nitrogen and oxygen atoms in total. The van der Waals surface area contributed by atoms with Gasteiger partial charge >= 0.3 is 0 Å². The van der Waals surface area contributed by atoms with E-state index in [9.17, 15) is 0 Å². The summed E-state index contributed by atoms with van der Waals surface area (Å²) >= 11 is 0. The standard InChI is InChI=1S/C17H33N3/c1-4-6-8-10-13-20(14-11-9-7-5-2)16-17-18-12-15-19(17)3/h12,15H,4-11,13-14,16H2,1-3H3. The van der Waals surface area contributed by atoms with E-state index >= 15 is 0 Å². The van der Waals surface area contributed by atoms with E-state index in [0.29, 0.717) is 0 Å². The zero-order chi connectivity index (χ0) is 14.6. The Labute approximate surface area is 125 Å². The first-order chi connectivity index (χ1) is 9.77. The van der Waals surface area contributed by atoms with Crippen LogP contribution in [0.15, 0.2) is 12.4 Å². The van der Waals surface area contributed by atoms with Gasteiger partial charge in [-0.1, -0.05) is 52.4 Å². The van der Waals surface area contributed by atoms with Crippen molar-refractivity contribution in [2.24, 2.45) is 7.05 Å². The molecule has 0 aliphatic carbocycles. The molecule has 0 amide bonds. The summed E-state index contributed by atoms with van der Waals surface area (Å²) in [5, 5.41) is 0. The lowest BCUT2D eigenvalue weighted by molar-refractivity contribution is 0.244. The lowest BCUT2D eigenvalue weighted by Crippen LogP contribution is -2.27. The Morgan fingerprint density at radius 3 is 2.00 bits per heavy atom. The highest BCUT2D eigenvalue weighted by atomic mass is 15.2. The van der Waals surface area contributed by atoms with Gasteiger partial charge in [0.15, 0.2) is 0 Å². The second-order valence-corrected chi connectivity index (χ2v) is 5.85. The molecule has 0 spiro atoms. The number of hydrogen-bond donors (Lipinski definition) is 0. The van der Waals surface area contributed by atoms with Crippen molar-refractivity contribution in [2.45, 2.75) is 71.8 Å². The number of rotatable bonds is 12. The summed E-state index contributed by atoms with van der Waals surface area (Å²) < 4.78 is 2.14. The van der Waals surface area contributed by atoms with Crippen molar-refractivity contribution in [3.05, 3.63) is 18.2 Å². The Morgan fingerprint density at radius 2 is 1.55 bits per heavy atom. The Kier molecular flexibility index (Phi) is 9.38. The molecule has 1 aromatic heterocycles. The number of aromatic nitrogens is 2. The molecule has 1 rings (SSSR count). The van der Waals surface area contributed by atoms with Gasteiger partial charge in [-0.25, -0.2) is 4.98 Å². The monoisotopic (exact) mass is 279 g/mol. The molecular weight excluding hydrogens is 246 g/mol. The van der Waals surface area contributed by atoms with Crippen molar-refractivity contribution >= 4 is 0 Å². The largest absolute Gasteiger partial charge is 0.337 e. The van der Waals surface area contributed by atoms with E-state index in [2.05, 4.69) is 35.3 Å². The molecule has 0 bridgehead atoms. The van der Waals surface area contributed by atoms with Gasteiger partial charge in [0.2, 0.25) is 0 Å². The van der Waals surface area contributed by atoms with Gasteiger partial charge in [-0.3, -0.25) is 4.90 Å². The molecule has 20 heavy (non-hydrogen) atoms. The highest BCUT2D eigenvalue weighted by Gasteiger charge is 2.08. The maximum atomic E-state index is 4.47. The zero-order valence-electron chi connectivity index (χ0n) is 13.8. The summed E-state index contributed by atoms with van der Waals surface area (Å²) in [6.07, 6.45) is 14.7. The average Bonchev–Trinajstić information content (AvgIpc) is 2.84. The van der Waals surface area contributed by atoms with E-state index in [0.717, 1.165) is 6.54 Å². The third-order valence-electron chi connectivity index (χ3n) is 3.94. The van der Waals surface area contributed by atoms with Crippen LogP contribution < -0.4 is 0 Å². The van der Waals surface area contributed by atoms with Gasteiger partial charge in [0.1, 0.15) is 5.82 Å². The maximum absolute atomic E-state index is 4.47. The number of aryl methyl sites for hydroxylation is 1. The van der Waals surface area contributed by atoms with Gasteiger partial charge in [-0.15, -0.1) is 0 Å². The van der Waals surface area contributed by atoms with Crippen molar-refractivity contribution in [1.29, 1.82) is 0 Å². The minimum absolute atomic E-state index is 1.00. The Bertz CT molecular complexity index is 321. The minimum atomic E-state index is 1.00. The van der Waals surface area contributed by atoms with E-state index in [1.165, 1.54) is 70.3 Å². The quantitative estimate of drug-likeness (QED) is 0.529. The van der Waals surface area contributed by atoms with Crippen LogP contribution in [0.1, 0.15) is 71.0 Å². The first-order valence-electron chi connectivity index (χ1n) is 8.46. The SMILES string of the molecule is CCCCCCN(CCCCCC)Cc1nccn1C. The predicted molar refractivity (Wildman–Crippen MR) is 86.8 cm³/mol. The van der Waals surface area contributed by atoms with Crippen molar-refractivity contribution in [2.75, 3.05) is 13.1 Å². The fraction of sp³-hybridized carbons (Fsp3) is 0.824. The second kappa shape index (κ2) is 10.9. The molecular formula is C17H33N3. The van der Waals surface area contributed by atoms with E-state index < -0.39 is 0 Å². The lowest BCUT2D eigenvalue weighted by atomic mass is 10.1. The van der Waals surface area contributed by atoms with Crippen LogP contribution in [-0.2, 0) is 13.6 Å². The summed E-state index contributed by atoms with van der Waals surface area (Å²) in [5.74, 6) is 1.19. The van der Waals surface area contributed by atoms with E-state index in [-0.39, 0.29) is 0 Å². The van der Waals surface area contributed by atoms with Crippen molar-refractivity contribution in [3.63, 3.8) is 0 Å². The zero-order valence-corrected chi connectivity index (χ0v) is 13.8. The summed E-state index contributed by atoms with van der Waals surface area (Å²) in [6, 6.07) is 0. The smallest absolute Gasteiger partial charge is 0.122 e. The maximum Gasteiger partial charge on any atom is 0.122 e. The first-order valence-corrected chi connectivity index (χ1v) is 8.46. The third kappa shape index (κ3) is 7.09. The molecule has 116 valence electrons. The highest BCUT2D eigenvalue weighted by molar-refractivity contribution is 4.90. The predicted octanol–water partition coefficient (Wildman–Crippen LogP) is 4.38. The molecule has 0 atom stereocenters. The van der Waals surface area contributed by atoms with Gasteiger partial charge < -0.3 is 4.57 Å². The van der Waals surface area contributed by atoms with Crippen LogP contribution in [0.2, 0.25) is 0 Å². The molecule has 1 heterocycles. The van der Waals surface area contributed by atoms with Gasteiger partial charge in [0.25, 0.3) is 0 Å². The molecule has 0 N–H and O–H groups in total. The van der Waals surface area contributed by atoms with Gasteiger partial charge in [0.05, 0.1) is 6.54 Å². The fourth-order valence-electron chi connectivity index (χ4n) is 2.54. The Morgan fingerprint density at radius 1 is 0.950 bits per heavy atom. The molecule has 0 aromatic carbocycles. The summed E-state index contributed by atoms with van der Waals surface area (Å²) in [5.41, 5.74) is 0. The number of unbranched alkanes of at least 4 members (excludes halogenated alkanes) is 6. The molecule has 0 aliphatic heterocycles. The number of nitrogens with zero attached hydrogens (tertiary/aromatic N) is 3. The Balaban J connectivity index is 2.35. The number of imidazole rings is 1. The molecule has 0 fully saturated rings. The third-order valence-corrected chi connectivity index (χ3v) is 3.94. The van der Waals surface area contributed by atoms with Crippen LogP contribution in [-0.4, -0.2) is 27.5 Å². The van der Waals surface area contributed by atoms with Crippen molar-refractivity contribution in [3.8, 4) is 0 Å². The van der Waals surface area contributed by atoms with Gasteiger partial charge in [-0.2, -0.15) is 0 Å². The molecule has 3 heteroatoms. The summed E-state index contributed by atoms with van der Waals surface area (Å²) in [6.45, 7) is 7.99. The molecule has 0 radical (unpaired) electrons. The summed E-state index contributed by atoms with van der Waals surface area (Å²) in [7, 11) is 2.09.